The third kappa shape index (κ3) is 5.78. The Morgan fingerprint density at radius 2 is 1.78 bits per heavy atom. The molecule has 0 spiro atoms. The average Bonchev–Trinajstić information content (AvgIpc) is 3.28. The van der Waals surface area contributed by atoms with E-state index in [1.165, 1.54) is 16.9 Å². The van der Waals surface area contributed by atoms with Gasteiger partial charge in [0.15, 0.2) is 4.80 Å². The molecule has 0 saturated carbocycles. The molecule has 1 atom stereocenters. The van der Waals surface area contributed by atoms with E-state index < -0.39 is 12.0 Å². The molecule has 2 heterocycles. The number of ether oxygens (including phenoxy) is 2. The number of rotatable bonds is 8. The van der Waals surface area contributed by atoms with Crippen molar-refractivity contribution in [2.75, 3.05) is 13.2 Å². The SMILES string of the molecule is CCOC(=O)C1=C(c2ccccc2)N=c2s/c(=C\c3ccc(OCC)c(Cl)c3)c(=O)n2[C@H]1c1ccc(C(C)C)cc1. The van der Waals surface area contributed by atoms with Crippen molar-refractivity contribution >= 4 is 40.7 Å². The number of halogens is 1. The molecule has 8 heteroatoms. The second-order valence-corrected chi connectivity index (χ2v) is 11.3. The maximum absolute atomic E-state index is 14.1. The Bertz CT molecular complexity index is 1790. The number of hydrogen-bond donors (Lipinski definition) is 0. The highest BCUT2D eigenvalue weighted by atomic mass is 35.5. The van der Waals surface area contributed by atoms with Crippen LogP contribution in [0.1, 0.15) is 61.9 Å². The van der Waals surface area contributed by atoms with E-state index >= 15 is 0 Å². The molecule has 0 amide bonds. The molecule has 4 aromatic rings. The van der Waals surface area contributed by atoms with Gasteiger partial charge in [-0.25, -0.2) is 9.79 Å². The lowest BCUT2D eigenvalue weighted by Crippen LogP contribution is -2.40. The number of esters is 1. The summed E-state index contributed by atoms with van der Waals surface area (Å²) >= 11 is 7.70. The first-order valence-electron chi connectivity index (χ1n) is 13.6. The molecule has 0 fully saturated rings. The summed E-state index contributed by atoms with van der Waals surface area (Å²) in [6.07, 6.45) is 1.79. The molecule has 0 saturated heterocycles. The number of hydrogen-bond acceptors (Lipinski definition) is 6. The molecule has 0 aliphatic carbocycles. The summed E-state index contributed by atoms with van der Waals surface area (Å²) in [5, 5.41) is 0.465. The second kappa shape index (κ2) is 12.3. The summed E-state index contributed by atoms with van der Waals surface area (Å²) in [6.45, 7) is 8.62. The maximum atomic E-state index is 14.1. The average molecular weight is 587 g/mol. The number of carbonyl (C=O) groups is 1. The van der Waals surface area contributed by atoms with Crippen molar-refractivity contribution in [3.63, 3.8) is 0 Å². The Hall–Kier alpha value is -3.94. The summed E-state index contributed by atoms with van der Waals surface area (Å²) in [5.74, 6) is 0.428. The first kappa shape index (κ1) is 28.6. The van der Waals surface area contributed by atoms with Crippen LogP contribution in [-0.4, -0.2) is 23.8 Å². The largest absolute Gasteiger partial charge is 0.492 e. The van der Waals surface area contributed by atoms with E-state index in [4.69, 9.17) is 26.1 Å². The fraction of sp³-hybridized carbons (Fsp3) is 0.242. The predicted octanol–water partition coefficient (Wildman–Crippen LogP) is 6.11. The lowest BCUT2D eigenvalue weighted by molar-refractivity contribution is -0.138. The summed E-state index contributed by atoms with van der Waals surface area (Å²) in [7, 11) is 0. The fourth-order valence-corrected chi connectivity index (χ4v) is 6.09. The highest BCUT2D eigenvalue weighted by Crippen LogP contribution is 2.35. The lowest BCUT2D eigenvalue weighted by atomic mass is 9.91. The van der Waals surface area contributed by atoms with E-state index in [0.29, 0.717) is 43.9 Å². The number of aromatic nitrogens is 1. The number of thiazole rings is 1. The van der Waals surface area contributed by atoms with Crippen LogP contribution in [0.2, 0.25) is 5.02 Å². The third-order valence-corrected chi connectivity index (χ3v) is 8.12. The molecule has 3 aromatic carbocycles. The minimum absolute atomic E-state index is 0.201. The van der Waals surface area contributed by atoms with Crippen LogP contribution in [0.4, 0.5) is 0 Å². The topological polar surface area (TPSA) is 69.9 Å². The standard InChI is InChI=1S/C33H31ClN2O4S/c1-5-39-26-17-12-21(18-25(26)34)19-27-31(37)36-30(24-15-13-22(14-16-24)20(3)4)28(32(38)40-6-2)29(35-33(36)41-27)23-10-8-7-9-11-23/h7-20,30H,5-6H2,1-4H3/b27-19-/t30-/m0/s1. The van der Waals surface area contributed by atoms with E-state index in [2.05, 4.69) is 13.8 Å². The summed E-state index contributed by atoms with van der Waals surface area (Å²) in [6, 6.07) is 22.3. The van der Waals surface area contributed by atoms with Crippen LogP contribution in [0.3, 0.4) is 0 Å². The van der Waals surface area contributed by atoms with Crippen molar-refractivity contribution < 1.29 is 14.3 Å². The molecule has 1 aliphatic heterocycles. The Labute approximate surface area is 247 Å². The normalized spacial score (nSPS) is 15.1. The summed E-state index contributed by atoms with van der Waals surface area (Å²) in [5.41, 5.74) is 4.09. The van der Waals surface area contributed by atoms with E-state index in [9.17, 15) is 9.59 Å². The van der Waals surface area contributed by atoms with Gasteiger partial charge in [-0.3, -0.25) is 9.36 Å². The maximum Gasteiger partial charge on any atom is 0.338 e. The van der Waals surface area contributed by atoms with Crippen LogP contribution in [-0.2, 0) is 9.53 Å². The fourth-order valence-electron chi connectivity index (χ4n) is 4.85. The summed E-state index contributed by atoms with van der Waals surface area (Å²) in [4.78, 5) is 33.0. The van der Waals surface area contributed by atoms with Gasteiger partial charge in [0, 0.05) is 5.56 Å². The Kier molecular flexibility index (Phi) is 8.57. The van der Waals surface area contributed by atoms with Gasteiger partial charge in [0.25, 0.3) is 5.56 Å². The van der Waals surface area contributed by atoms with Crippen molar-refractivity contribution in [2.45, 2.75) is 39.7 Å². The van der Waals surface area contributed by atoms with Crippen LogP contribution in [0.25, 0.3) is 11.8 Å². The van der Waals surface area contributed by atoms with Crippen molar-refractivity contribution in [1.82, 2.24) is 4.57 Å². The van der Waals surface area contributed by atoms with Crippen molar-refractivity contribution in [3.8, 4) is 5.75 Å². The van der Waals surface area contributed by atoms with Gasteiger partial charge in [-0.1, -0.05) is 97.4 Å². The van der Waals surface area contributed by atoms with Crippen molar-refractivity contribution in [1.29, 1.82) is 0 Å². The van der Waals surface area contributed by atoms with Gasteiger partial charge in [0.2, 0.25) is 0 Å². The van der Waals surface area contributed by atoms with Crippen LogP contribution < -0.4 is 19.6 Å². The molecule has 5 rings (SSSR count). The molecule has 6 nitrogen and oxygen atoms in total. The van der Waals surface area contributed by atoms with E-state index in [1.54, 1.807) is 29.7 Å². The number of carbonyl (C=O) groups excluding carboxylic acids is 1. The number of benzene rings is 3. The molecule has 0 unspecified atom stereocenters. The zero-order chi connectivity index (χ0) is 29.1. The lowest BCUT2D eigenvalue weighted by Gasteiger charge is -2.26. The first-order chi connectivity index (χ1) is 19.8. The Morgan fingerprint density at radius 3 is 2.41 bits per heavy atom. The van der Waals surface area contributed by atoms with Crippen LogP contribution in [0.5, 0.6) is 5.75 Å². The summed E-state index contributed by atoms with van der Waals surface area (Å²) < 4.78 is 13.2. The number of nitrogens with zero attached hydrogens (tertiary/aromatic N) is 2. The highest BCUT2D eigenvalue weighted by molar-refractivity contribution is 7.07. The second-order valence-electron chi connectivity index (χ2n) is 9.88. The predicted molar refractivity (Wildman–Crippen MR) is 164 cm³/mol. The molecule has 41 heavy (non-hydrogen) atoms. The molecule has 0 radical (unpaired) electrons. The van der Waals surface area contributed by atoms with E-state index in [0.717, 1.165) is 16.7 Å². The zero-order valence-corrected chi connectivity index (χ0v) is 25.0. The van der Waals surface area contributed by atoms with Crippen molar-refractivity contribution in [3.05, 3.63) is 125 Å². The van der Waals surface area contributed by atoms with Gasteiger partial charge < -0.3 is 9.47 Å². The molecule has 0 bridgehead atoms. The molecular weight excluding hydrogens is 556 g/mol. The van der Waals surface area contributed by atoms with Crippen LogP contribution in [0, 0.1) is 0 Å². The van der Waals surface area contributed by atoms with Gasteiger partial charge in [-0.2, -0.15) is 0 Å². The van der Waals surface area contributed by atoms with Gasteiger partial charge >= 0.3 is 5.97 Å². The van der Waals surface area contributed by atoms with Crippen LogP contribution in [0.15, 0.2) is 88.2 Å². The monoisotopic (exact) mass is 586 g/mol. The minimum atomic E-state index is -0.715. The molecule has 0 N–H and O–H groups in total. The van der Waals surface area contributed by atoms with Gasteiger partial charge in [-0.15, -0.1) is 0 Å². The Balaban J connectivity index is 1.77. The molecule has 1 aromatic heterocycles. The highest BCUT2D eigenvalue weighted by Gasteiger charge is 2.35. The zero-order valence-electron chi connectivity index (χ0n) is 23.4. The van der Waals surface area contributed by atoms with Crippen molar-refractivity contribution in [2.24, 2.45) is 4.99 Å². The van der Waals surface area contributed by atoms with E-state index in [1.807, 2.05) is 67.6 Å². The smallest absolute Gasteiger partial charge is 0.338 e. The van der Waals surface area contributed by atoms with Crippen LogP contribution >= 0.6 is 22.9 Å². The van der Waals surface area contributed by atoms with Gasteiger partial charge in [-0.05, 0) is 54.7 Å². The molecular formula is C33H31ClN2O4S. The quantitative estimate of drug-likeness (QED) is 0.234. The first-order valence-corrected chi connectivity index (χ1v) is 14.8. The number of fused-ring (bicyclic) bond motifs is 1. The van der Waals surface area contributed by atoms with Gasteiger partial charge in [0.1, 0.15) is 5.75 Å². The molecule has 210 valence electrons. The van der Waals surface area contributed by atoms with E-state index in [-0.39, 0.29) is 12.2 Å². The molecule has 1 aliphatic rings. The minimum Gasteiger partial charge on any atom is -0.492 e. The third-order valence-electron chi connectivity index (χ3n) is 6.85. The van der Waals surface area contributed by atoms with Gasteiger partial charge in [0.05, 0.1) is 40.1 Å². The Morgan fingerprint density at radius 1 is 1.05 bits per heavy atom.